The molecule has 1 aliphatic rings. The van der Waals surface area contributed by atoms with Crippen LogP contribution in [0.1, 0.15) is 0 Å². The van der Waals surface area contributed by atoms with E-state index in [2.05, 4.69) is 12.6 Å². The number of hydrogen-bond donors (Lipinski definition) is 5. The Labute approximate surface area is 75.5 Å². The molecule has 1 aliphatic heterocycles. The van der Waals surface area contributed by atoms with Gasteiger partial charge in [0.15, 0.2) is 0 Å². The summed E-state index contributed by atoms with van der Waals surface area (Å²) in [5, 5.41) is 27.3. The first-order valence-electron chi connectivity index (χ1n) is 3.64. The lowest BCUT2D eigenvalue weighted by Gasteiger charge is -2.38. The first kappa shape index (κ1) is 10.2. The molecule has 2 unspecified atom stereocenters. The molecule has 0 aliphatic carbocycles. The molecule has 0 aromatic carbocycles. The second-order valence-corrected chi connectivity index (χ2v) is 3.32. The summed E-state index contributed by atoms with van der Waals surface area (Å²) in [6.07, 6.45) is -3.05. The smallest absolute Gasteiger partial charge is 0.118 e. The van der Waals surface area contributed by atoms with Gasteiger partial charge in [0, 0.05) is 0 Å². The zero-order valence-corrected chi connectivity index (χ0v) is 7.26. The maximum atomic E-state index is 9.30. The average molecular weight is 195 g/mol. The van der Waals surface area contributed by atoms with E-state index in [0.29, 0.717) is 0 Å². The van der Waals surface area contributed by atoms with Crippen LogP contribution in [0.4, 0.5) is 0 Å². The molecule has 0 aromatic rings. The van der Waals surface area contributed by atoms with Crippen molar-refractivity contribution in [1.82, 2.24) is 0 Å². The number of thiol groups is 1. The van der Waals surface area contributed by atoms with E-state index in [0.717, 1.165) is 0 Å². The third-order valence-corrected chi connectivity index (χ3v) is 2.41. The summed E-state index contributed by atoms with van der Waals surface area (Å²) < 4.78 is 5.01. The summed E-state index contributed by atoms with van der Waals surface area (Å²) in [6, 6.07) is -0.730. The maximum absolute atomic E-state index is 9.30. The Morgan fingerprint density at radius 2 is 1.92 bits per heavy atom. The lowest BCUT2D eigenvalue weighted by atomic mass is 9.99. The highest BCUT2D eigenvalue weighted by molar-refractivity contribution is 7.80. The molecule has 1 fully saturated rings. The Bertz CT molecular complexity index is 154. The van der Waals surface area contributed by atoms with Crippen molar-refractivity contribution in [3.8, 4) is 0 Å². The van der Waals surface area contributed by atoms with Crippen LogP contribution in [0, 0.1) is 0 Å². The van der Waals surface area contributed by atoms with Crippen molar-refractivity contribution >= 4 is 12.6 Å². The Morgan fingerprint density at radius 3 is 2.42 bits per heavy atom. The van der Waals surface area contributed by atoms with E-state index in [1.807, 2.05) is 0 Å². The van der Waals surface area contributed by atoms with Gasteiger partial charge < -0.3 is 25.8 Å². The fourth-order valence-electron chi connectivity index (χ4n) is 1.12. The fourth-order valence-corrected chi connectivity index (χ4v) is 1.45. The second kappa shape index (κ2) is 3.91. The van der Waals surface area contributed by atoms with Crippen molar-refractivity contribution in [3.63, 3.8) is 0 Å². The SMILES string of the molecule is NC1[C@H](S)OC(CO)[C@H](O)[C@@H]1O. The Balaban J connectivity index is 2.63. The van der Waals surface area contributed by atoms with Crippen molar-refractivity contribution in [2.45, 2.75) is 29.8 Å². The first-order chi connectivity index (χ1) is 5.57. The molecule has 0 spiro atoms. The van der Waals surface area contributed by atoms with Crippen LogP contribution in [0.3, 0.4) is 0 Å². The molecule has 5 atom stereocenters. The van der Waals surface area contributed by atoms with Crippen LogP contribution in [0.25, 0.3) is 0 Å². The van der Waals surface area contributed by atoms with E-state index in [1.165, 1.54) is 0 Å². The average Bonchev–Trinajstić information content (AvgIpc) is 2.08. The lowest BCUT2D eigenvalue weighted by Crippen LogP contribution is -2.60. The molecule has 1 rings (SSSR count). The van der Waals surface area contributed by atoms with Gasteiger partial charge in [0.25, 0.3) is 0 Å². The van der Waals surface area contributed by atoms with Gasteiger partial charge in [0.1, 0.15) is 23.7 Å². The molecule has 5 nitrogen and oxygen atoms in total. The van der Waals surface area contributed by atoms with Crippen LogP contribution in [0.2, 0.25) is 0 Å². The van der Waals surface area contributed by atoms with E-state index in [1.54, 1.807) is 0 Å². The predicted molar refractivity (Wildman–Crippen MR) is 44.7 cm³/mol. The quantitative estimate of drug-likeness (QED) is 0.303. The van der Waals surface area contributed by atoms with Crippen LogP contribution in [0.5, 0.6) is 0 Å². The topological polar surface area (TPSA) is 95.9 Å². The highest BCUT2D eigenvalue weighted by atomic mass is 32.1. The van der Waals surface area contributed by atoms with Crippen molar-refractivity contribution < 1.29 is 20.1 Å². The van der Waals surface area contributed by atoms with Gasteiger partial charge in [-0.2, -0.15) is 0 Å². The van der Waals surface area contributed by atoms with Crippen LogP contribution in [-0.2, 0) is 4.74 Å². The Hall–Kier alpha value is 0.150. The van der Waals surface area contributed by atoms with E-state index in [9.17, 15) is 10.2 Å². The Morgan fingerprint density at radius 1 is 1.33 bits per heavy atom. The van der Waals surface area contributed by atoms with E-state index >= 15 is 0 Å². The van der Waals surface area contributed by atoms with E-state index in [4.69, 9.17) is 15.6 Å². The molecule has 0 saturated carbocycles. The zero-order chi connectivity index (χ0) is 9.30. The molecule has 0 radical (unpaired) electrons. The van der Waals surface area contributed by atoms with Crippen LogP contribution < -0.4 is 5.73 Å². The minimum absolute atomic E-state index is 0.359. The summed E-state index contributed by atoms with van der Waals surface area (Å²) in [4.78, 5) is 0. The lowest BCUT2D eigenvalue weighted by molar-refractivity contribution is -0.165. The minimum Gasteiger partial charge on any atom is -0.394 e. The zero-order valence-electron chi connectivity index (χ0n) is 6.37. The summed E-state index contributed by atoms with van der Waals surface area (Å²) in [7, 11) is 0. The van der Waals surface area contributed by atoms with E-state index < -0.39 is 29.8 Å². The Kier molecular flexibility index (Phi) is 3.33. The molecule has 1 heterocycles. The van der Waals surface area contributed by atoms with Gasteiger partial charge in [-0.1, -0.05) is 0 Å². The number of rotatable bonds is 1. The van der Waals surface area contributed by atoms with Crippen LogP contribution in [-0.4, -0.2) is 51.7 Å². The molecule has 0 bridgehead atoms. The standard InChI is InChI=1S/C6H13NO4S/c7-3-5(10)4(9)2(1-8)11-6(3)12/h2-6,8-10,12H,1,7H2/t2?,3?,4-,5+,6-/m0/s1. The number of ether oxygens (including phenoxy) is 1. The number of aliphatic hydroxyl groups is 3. The minimum atomic E-state index is -1.15. The molecule has 5 N–H and O–H groups in total. The number of hydrogen-bond acceptors (Lipinski definition) is 6. The van der Waals surface area contributed by atoms with Gasteiger partial charge in [-0.15, -0.1) is 12.6 Å². The summed E-state index contributed by atoms with van der Waals surface area (Å²) in [6.45, 7) is -0.359. The normalized spacial score (nSPS) is 49.2. The maximum Gasteiger partial charge on any atom is 0.118 e. The molecule has 0 aromatic heterocycles. The number of nitrogens with two attached hydrogens (primary N) is 1. The summed E-state index contributed by atoms with van der Waals surface area (Å²) >= 11 is 3.94. The van der Waals surface area contributed by atoms with Crippen LogP contribution in [0.15, 0.2) is 0 Å². The van der Waals surface area contributed by atoms with Crippen molar-refractivity contribution in [2.75, 3.05) is 6.61 Å². The fraction of sp³-hybridized carbons (Fsp3) is 1.00. The van der Waals surface area contributed by atoms with E-state index in [-0.39, 0.29) is 6.61 Å². The predicted octanol–water partition coefficient (Wildman–Crippen LogP) is -2.32. The first-order valence-corrected chi connectivity index (χ1v) is 4.15. The summed E-state index contributed by atoms with van der Waals surface area (Å²) in [5.74, 6) is 0. The van der Waals surface area contributed by atoms with Gasteiger partial charge in [-0.25, -0.2) is 0 Å². The molecule has 6 heteroatoms. The van der Waals surface area contributed by atoms with Crippen LogP contribution >= 0.6 is 12.6 Å². The van der Waals surface area contributed by atoms with Gasteiger partial charge in [-0.05, 0) is 0 Å². The van der Waals surface area contributed by atoms with Gasteiger partial charge in [0.2, 0.25) is 0 Å². The third-order valence-electron chi connectivity index (χ3n) is 1.95. The molecule has 1 saturated heterocycles. The number of aliphatic hydroxyl groups excluding tert-OH is 3. The molecule has 12 heavy (non-hydrogen) atoms. The second-order valence-electron chi connectivity index (χ2n) is 2.81. The van der Waals surface area contributed by atoms with Gasteiger partial charge >= 0.3 is 0 Å². The van der Waals surface area contributed by atoms with Crippen molar-refractivity contribution in [2.24, 2.45) is 5.73 Å². The van der Waals surface area contributed by atoms with Gasteiger partial charge in [-0.3, -0.25) is 0 Å². The molecular formula is C6H13NO4S. The van der Waals surface area contributed by atoms with Gasteiger partial charge in [0.05, 0.1) is 12.6 Å². The van der Waals surface area contributed by atoms with Crippen molar-refractivity contribution in [3.05, 3.63) is 0 Å². The third kappa shape index (κ3) is 1.73. The monoisotopic (exact) mass is 195 g/mol. The molecular weight excluding hydrogens is 182 g/mol. The molecule has 72 valence electrons. The highest BCUT2D eigenvalue weighted by Crippen LogP contribution is 2.21. The largest absolute Gasteiger partial charge is 0.394 e. The van der Waals surface area contributed by atoms with Crippen molar-refractivity contribution in [1.29, 1.82) is 0 Å². The highest BCUT2D eigenvalue weighted by Gasteiger charge is 2.40. The summed E-state index contributed by atoms with van der Waals surface area (Å²) in [5.41, 5.74) is 4.78. The molecule has 0 amide bonds.